The molecule has 1 aliphatic heterocycles. The Labute approximate surface area is 293 Å². The van der Waals surface area contributed by atoms with Crippen LogP contribution in [0.3, 0.4) is 0 Å². The van der Waals surface area contributed by atoms with Gasteiger partial charge in [0, 0.05) is 33.9 Å². The van der Waals surface area contributed by atoms with Crippen molar-refractivity contribution in [2.45, 2.75) is 51.0 Å². The molecule has 0 spiro atoms. The molecule has 5 nitrogen and oxygen atoms in total. The van der Waals surface area contributed by atoms with Crippen molar-refractivity contribution in [1.82, 2.24) is 19.5 Å². The summed E-state index contributed by atoms with van der Waals surface area (Å²) in [5, 5.41) is 2.55. The van der Waals surface area contributed by atoms with E-state index in [0.29, 0.717) is 6.61 Å². The smallest absolute Gasteiger partial charge is 0.163 e. The summed E-state index contributed by atoms with van der Waals surface area (Å²) in [5.74, 6) is 2.65. The van der Waals surface area contributed by atoms with Crippen LogP contribution < -0.4 is 0 Å². The van der Waals surface area contributed by atoms with Gasteiger partial charge in [-0.25, -0.2) is 15.0 Å². The Morgan fingerprint density at radius 3 is 2.38 bits per heavy atom. The average molecular weight is 653 g/mol. The standard InChI is InChI=1S/C45H40N4O/c1-30(49-40-21-10-8-19-38(40)39-20-9-11-22-41(39)49)23-24-36-29-50-42-28-35(25-26-37(36)42)45-47-43(32-15-6-3-7-16-32)46-44(48-45)34-18-12-17-33(27-34)31-13-4-2-5-14-31/h3-4,6-11,13-15,17,19-28,32,37,42H,2,5,12,16,18,29H2,1H3/b30-23+,36-24+. The van der Waals surface area contributed by atoms with Gasteiger partial charge >= 0.3 is 0 Å². The molecule has 3 atom stereocenters. The Morgan fingerprint density at radius 1 is 0.800 bits per heavy atom. The highest BCUT2D eigenvalue weighted by Gasteiger charge is 2.32. The number of nitrogens with zero attached hydrogens (tertiary/aromatic N) is 4. The average Bonchev–Trinajstić information content (AvgIpc) is 3.76. The highest BCUT2D eigenvalue weighted by atomic mass is 16.5. The van der Waals surface area contributed by atoms with Crippen LogP contribution in [0.5, 0.6) is 0 Å². The zero-order chi connectivity index (χ0) is 33.4. The topological polar surface area (TPSA) is 52.8 Å². The van der Waals surface area contributed by atoms with E-state index in [1.54, 1.807) is 0 Å². The van der Waals surface area contributed by atoms with Gasteiger partial charge in [0.25, 0.3) is 0 Å². The predicted octanol–water partition coefficient (Wildman–Crippen LogP) is 10.4. The molecule has 5 aliphatic rings. The summed E-state index contributed by atoms with van der Waals surface area (Å²) >= 11 is 0. The van der Waals surface area contributed by atoms with Gasteiger partial charge in [0.15, 0.2) is 11.6 Å². The monoisotopic (exact) mass is 652 g/mol. The van der Waals surface area contributed by atoms with E-state index >= 15 is 0 Å². The zero-order valence-electron chi connectivity index (χ0n) is 28.4. The Hall–Kier alpha value is -5.39. The summed E-state index contributed by atoms with van der Waals surface area (Å²) in [6.07, 6.45) is 36.2. The maximum atomic E-state index is 6.40. The Bertz CT molecular complexity index is 2280. The maximum absolute atomic E-state index is 6.40. The molecule has 1 saturated heterocycles. The number of hydrogen-bond donors (Lipinski definition) is 0. The maximum Gasteiger partial charge on any atom is 0.163 e. The summed E-state index contributed by atoms with van der Waals surface area (Å²) in [5.41, 5.74) is 9.64. The lowest BCUT2D eigenvalue weighted by Gasteiger charge is -2.20. The zero-order valence-corrected chi connectivity index (χ0v) is 28.4. The van der Waals surface area contributed by atoms with E-state index in [9.17, 15) is 0 Å². The fourth-order valence-electron chi connectivity index (χ4n) is 7.85. The molecule has 0 radical (unpaired) electrons. The molecule has 4 aromatic rings. The van der Waals surface area contributed by atoms with Crippen LogP contribution in [0, 0.1) is 5.92 Å². The van der Waals surface area contributed by atoms with E-state index < -0.39 is 0 Å². The van der Waals surface area contributed by atoms with E-state index in [1.165, 1.54) is 49.8 Å². The fraction of sp³-hybridized carbons (Fsp3) is 0.222. The van der Waals surface area contributed by atoms with Crippen molar-refractivity contribution in [2.75, 3.05) is 6.61 Å². The van der Waals surface area contributed by atoms with E-state index in [1.807, 2.05) is 0 Å². The highest BCUT2D eigenvalue weighted by Crippen LogP contribution is 2.37. The first-order chi connectivity index (χ1) is 24.7. The van der Waals surface area contributed by atoms with Gasteiger partial charge in [-0.3, -0.25) is 0 Å². The molecule has 0 N–H and O–H groups in total. The van der Waals surface area contributed by atoms with E-state index in [4.69, 9.17) is 19.7 Å². The van der Waals surface area contributed by atoms with Crippen molar-refractivity contribution in [3.8, 4) is 0 Å². The van der Waals surface area contributed by atoms with Gasteiger partial charge in [0.05, 0.1) is 23.7 Å². The number of rotatable bonds is 6. The normalized spacial score (nSPS) is 24.1. The SMILES string of the molecule is C/C(=C\C=C1/COC2C=C(c3nc(C4=CC(C5=CCCC=C5)=CCC4)nc(C4C=CC=CC4)n3)C=CC12)n1c2ccccc2c2ccccc21. The third-order valence-corrected chi connectivity index (χ3v) is 10.5. The first kappa shape index (κ1) is 30.7. The third-order valence-electron chi connectivity index (χ3n) is 10.5. The van der Waals surface area contributed by atoms with Crippen LogP contribution in [0.2, 0.25) is 0 Å². The van der Waals surface area contributed by atoms with Crippen molar-refractivity contribution in [3.05, 3.63) is 168 Å². The van der Waals surface area contributed by atoms with Crippen LogP contribution in [0.4, 0.5) is 0 Å². The number of hydrogen-bond acceptors (Lipinski definition) is 4. The molecule has 3 unspecified atom stereocenters. The quantitative estimate of drug-likeness (QED) is 0.208. The summed E-state index contributed by atoms with van der Waals surface area (Å²) in [6, 6.07) is 17.3. The number of aromatic nitrogens is 4. The molecule has 4 aliphatic carbocycles. The predicted molar refractivity (Wildman–Crippen MR) is 205 cm³/mol. The molecule has 1 fully saturated rings. The Balaban J connectivity index is 1.02. The number of ether oxygens (including phenoxy) is 1. The van der Waals surface area contributed by atoms with Gasteiger partial charge in [-0.1, -0.05) is 103 Å². The minimum absolute atomic E-state index is 0.0576. The second kappa shape index (κ2) is 13.1. The molecule has 246 valence electrons. The molecule has 3 heterocycles. The van der Waals surface area contributed by atoms with E-state index in [-0.39, 0.29) is 17.9 Å². The molecule has 0 amide bonds. The van der Waals surface area contributed by atoms with Gasteiger partial charge in [0.1, 0.15) is 5.82 Å². The molecule has 0 saturated carbocycles. The number of allylic oxidation sites excluding steroid dienone is 17. The lowest BCUT2D eigenvalue weighted by atomic mass is 9.89. The summed E-state index contributed by atoms with van der Waals surface area (Å²) in [6.45, 7) is 2.79. The van der Waals surface area contributed by atoms with E-state index in [2.05, 4.69) is 145 Å². The summed E-state index contributed by atoms with van der Waals surface area (Å²) < 4.78 is 8.77. The fourth-order valence-corrected chi connectivity index (χ4v) is 7.85. The second-order valence-corrected chi connectivity index (χ2v) is 13.7. The number of para-hydroxylation sites is 2. The summed E-state index contributed by atoms with van der Waals surface area (Å²) in [7, 11) is 0. The van der Waals surface area contributed by atoms with Crippen molar-refractivity contribution >= 4 is 38.6 Å². The first-order valence-corrected chi connectivity index (χ1v) is 17.9. The van der Waals surface area contributed by atoms with E-state index in [0.717, 1.165) is 55.2 Å². The molecule has 50 heavy (non-hydrogen) atoms. The van der Waals surface area contributed by atoms with Crippen LogP contribution >= 0.6 is 0 Å². The molecule has 2 aromatic carbocycles. The lowest BCUT2D eigenvalue weighted by Crippen LogP contribution is -2.17. The molecule has 5 heteroatoms. The molecule has 0 bridgehead atoms. The van der Waals surface area contributed by atoms with Crippen LogP contribution in [-0.2, 0) is 4.74 Å². The largest absolute Gasteiger partial charge is 0.369 e. The summed E-state index contributed by atoms with van der Waals surface area (Å²) in [4.78, 5) is 15.3. The van der Waals surface area contributed by atoms with Crippen LogP contribution in [0.15, 0.2) is 150 Å². The minimum Gasteiger partial charge on any atom is -0.369 e. The van der Waals surface area contributed by atoms with Crippen LogP contribution in [0.1, 0.15) is 62.4 Å². The second-order valence-electron chi connectivity index (χ2n) is 13.7. The number of fused-ring (bicyclic) bond motifs is 4. The minimum atomic E-state index is -0.0576. The van der Waals surface area contributed by atoms with Crippen molar-refractivity contribution in [3.63, 3.8) is 0 Å². The van der Waals surface area contributed by atoms with Gasteiger partial charge in [-0.05, 0) is 91.7 Å². The molecular formula is C45H40N4O. The first-order valence-electron chi connectivity index (χ1n) is 17.9. The number of benzene rings is 2. The van der Waals surface area contributed by atoms with Crippen molar-refractivity contribution in [1.29, 1.82) is 0 Å². The van der Waals surface area contributed by atoms with Crippen LogP contribution in [-0.4, -0.2) is 32.2 Å². The molecular weight excluding hydrogens is 613 g/mol. The third kappa shape index (κ3) is 5.72. The molecule has 9 rings (SSSR count). The Kier molecular flexibility index (Phi) is 8.06. The van der Waals surface area contributed by atoms with Gasteiger partial charge in [0.2, 0.25) is 0 Å². The lowest BCUT2D eigenvalue weighted by molar-refractivity contribution is 0.137. The Morgan fingerprint density at radius 2 is 1.60 bits per heavy atom. The van der Waals surface area contributed by atoms with Gasteiger partial charge in [-0.2, -0.15) is 0 Å². The van der Waals surface area contributed by atoms with Gasteiger partial charge < -0.3 is 9.30 Å². The highest BCUT2D eigenvalue weighted by molar-refractivity contribution is 6.09. The molecule has 2 aromatic heterocycles. The van der Waals surface area contributed by atoms with Crippen molar-refractivity contribution in [2.24, 2.45) is 5.92 Å². The van der Waals surface area contributed by atoms with Crippen LogP contribution in [0.25, 0.3) is 38.6 Å². The van der Waals surface area contributed by atoms with Gasteiger partial charge in [-0.15, -0.1) is 0 Å². The van der Waals surface area contributed by atoms with Crippen molar-refractivity contribution < 1.29 is 4.74 Å².